The second-order valence-corrected chi connectivity index (χ2v) is 7.42. The molecule has 0 bridgehead atoms. The molecule has 0 radical (unpaired) electrons. The third-order valence-electron chi connectivity index (χ3n) is 3.79. The van der Waals surface area contributed by atoms with E-state index in [1.54, 1.807) is 30.3 Å². The third kappa shape index (κ3) is 5.22. The highest BCUT2D eigenvalue weighted by Crippen LogP contribution is 2.25. The molecule has 3 aromatic rings. The number of para-hydroxylation sites is 1. The fourth-order valence-electron chi connectivity index (χ4n) is 2.63. The van der Waals surface area contributed by atoms with E-state index >= 15 is 0 Å². The van der Waals surface area contributed by atoms with Gasteiger partial charge in [-0.1, -0.05) is 24.3 Å². The van der Waals surface area contributed by atoms with Crippen LogP contribution in [0.1, 0.15) is 31.1 Å². The molecule has 1 heterocycles. The molecule has 0 saturated carbocycles. The summed E-state index contributed by atoms with van der Waals surface area (Å²) in [5, 5.41) is 17.6. The maximum absolute atomic E-state index is 13.9. The van der Waals surface area contributed by atoms with Crippen LogP contribution in [0.15, 0.2) is 48.5 Å². The Morgan fingerprint density at radius 1 is 1.07 bits per heavy atom. The molecule has 0 aliphatic carbocycles. The van der Waals surface area contributed by atoms with Gasteiger partial charge in [-0.3, -0.25) is 9.59 Å². The Hall–Kier alpha value is -3.62. The summed E-state index contributed by atoms with van der Waals surface area (Å²) in [7, 11) is 0. The number of carbonyl (C=O) groups excluding carboxylic acids is 2. The molecule has 0 aliphatic heterocycles. The lowest BCUT2D eigenvalue weighted by Crippen LogP contribution is -2.42. The predicted octanol–water partition coefficient (Wildman–Crippen LogP) is 2.65. The number of carbonyl (C=O) groups is 2. The van der Waals surface area contributed by atoms with Gasteiger partial charge in [0.1, 0.15) is 12.4 Å². The average molecular weight is 396 g/mol. The number of nitrogens with zero attached hydrogens (tertiary/aromatic N) is 4. The standard InChI is InChI=1S/C20H21FN6O2/c1-20(2,3)23-17(28)12-27-25-18(24-26-27)14-9-5-7-11-16(14)22-19(29)13-8-4-6-10-15(13)21/h4-11H,12H2,1-3H3,(H,22,29)(H,23,28). The van der Waals surface area contributed by atoms with E-state index < -0.39 is 11.7 Å². The molecule has 150 valence electrons. The lowest BCUT2D eigenvalue weighted by atomic mass is 10.1. The number of halogens is 1. The highest BCUT2D eigenvalue weighted by atomic mass is 19.1. The minimum atomic E-state index is -0.614. The second-order valence-electron chi connectivity index (χ2n) is 7.42. The largest absolute Gasteiger partial charge is 0.350 e. The SMILES string of the molecule is CC(C)(C)NC(=O)Cn1nnc(-c2ccccc2NC(=O)c2ccccc2F)n1. The van der Waals surface area contributed by atoms with Crippen molar-refractivity contribution in [2.75, 3.05) is 5.32 Å². The van der Waals surface area contributed by atoms with E-state index in [9.17, 15) is 14.0 Å². The van der Waals surface area contributed by atoms with Crippen LogP contribution in [0.4, 0.5) is 10.1 Å². The number of amides is 2. The van der Waals surface area contributed by atoms with Crippen molar-refractivity contribution in [1.29, 1.82) is 0 Å². The third-order valence-corrected chi connectivity index (χ3v) is 3.79. The molecule has 2 aromatic carbocycles. The number of hydrogen-bond donors (Lipinski definition) is 2. The molecule has 0 unspecified atom stereocenters. The van der Waals surface area contributed by atoms with Gasteiger partial charge in [0.25, 0.3) is 5.91 Å². The topological polar surface area (TPSA) is 102 Å². The van der Waals surface area contributed by atoms with Crippen molar-refractivity contribution < 1.29 is 14.0 Å². The van der Waals surface area contributed by atoms with Crippen LogP contribution in [-0.4, -0.2) is 37.6 Å². The van der Waals surface area contributed by atoms with E-state index in [0.29, 0.717) is 11.3 Å². The van der Waals surface area contributed by atoms with Crippen LogP contribution >= 0.6 is 0 Å². The molecule has 0 spiro atoms. The molecule has 2 N–H and O–H groups in total. The van der Waals surface area contributed by atoms with Crippen LogP contribution in [0, 0.1) is 5.82 Å². The number of benzene rings is 2. The minimum absolute atomic E-state index is 0.0715. The summed E-state index contributed by atoms with van der Waals surface area (Å²) in [6, 6.07) is 12.5. The van der Waals surface area contributed by atoms with E-state index in [-0.39, 0.29) is 29.4 Å². The van der Waals surface area contributed by atoms with Crippen LogP contribution in [0.2, 0.25) is 0 Å². The number of hydrogen-bond acceptors (Lipinski definition) is 5. The molecule has 2 amide bonds. The zero-order chi connectivity index (χ0) is 21.0. The highest BCUT2D eigenvalue weighted by molar-refractivity contribution is 6.06. The lowest BCUT2D eigenvalue weighted by Gasteiger charge is -2.19. The molecule has 9 heteroatoms. The number of rotatable bonds is 5. The van der Waals surface area contributed by atoms with Gasteiger partial charge in [0.2, 0.25) is 11.7 Å². The van der Waals surface area contributed by atoms with Crippen molar-refractivity contribution in [3.05, 3.63) is 59.9 Å². The zero-order valence-corrected chi connectivity index (χ0v) is 16.3. The molecule has 1 aromatic heterocycles. The van der Waals surface area contributed by atoms with Gasteiger partial charge in [0.15, 0.2) is 0 Å². The van der Waals surface area contributed by atoms with Crippen LogP contribution < -0.4 is 10.6 Å². The Morgan fingerprint density at radius 3 is 2.48 bits per heavy atom. The summed E-state index contributed by atoms with van der Waals surface area (Å²) in [6.07, 6.45) is 0. The first-order valence-corrected chi connectivity index (χ1v) is 8.97. The minimum Gasteiger partial charge on any atom is -0.350 e. The highest BCUT2D eigenvalue weighted by Gasteiger charge is 2.18. The van der Waals surface area contributed by atoms with Gasteiger partial charge in [0, 0.05) is 11.1 Å². The molecular weight excluding hydrogens is 375 g/mol. The summed E-state index contributed by atoms with van der Waals surface area (Å²) < 4.78 is 13.9. The lowest BCUT2D eigenvalue weighted by molar-refractivity contribution is -0.123. The van der Waals surface area contributed by atoms with Gasteiger partial charge in [0.05, 0.1) is 11.3 Å². The van der Waals surface area contributed by atoms with E-state index in [0.717, 1.165) is 0 Å². The van der Waals surface area contributed by atoms with Crippen LogP contribution in [0.5, 0.6) is 0 Å². The Bertz CT molecular complexity index is 1040. The van der Waals surface area contributed by atoms with Crippen molar-refractivity contribution in [3.8, 4) is 11.4 Å². The molecule has 0 atom stereocenters. The average Bonchev–Trinajstić information content (AvgIpc) is 3.09. The maximum atomic E-state index is 13.9. The molecule has 29 heavy (non-hydrogen) atoms. The summed E-state index contributed by atoms with van der Waals surface area (Å²) in [4.78, 5) is 25.7. The Balaban J connectivity index is 1.79. The second kappa shape index (κ2) is 8.17. The molecule has 0 saturated heterocycles. The zero-order valence-electron chi connectivity index (χ0n) is 16.3. The van der Waals surface area contributed by atoms with Crippen molar-refractivity contribution >= 4 is 17.5 Å². The van der Waals surface area contributed by atoms with E-state index in [1.165, 1.54) is 23.0 Å². The van der Waals surface area contributed by atoms with Crippen molar-refractivity contribution in [3.63, 3.8) is 0 Å². The smallest absolute Gasteiger partial charge is 0.258 e. The fourth-order valence-corrected chi connectivity index (χ4v) is 2.63. The summed E-state index contributed by atoms with van der Waals surface area (Å²) in [5.74, 6) is -1.22. The van der Waals surface area contributed by atoms with Gasteiger partial charge in [-0.2, -0.15) is 4.80 Å². The number of aromatic nitrogens is 4. The maximum Gasteiger partial charge on any atom is 0.258 e. The van der Waals surface area contributed by atoms with Gasteiger partial charge in [-0.05, 0) is 50.3 Å². The normalized spacial score (nSPS) is 11.2. The van der Waals surface area contributed by atoms with E-state index in [4.69, 9.17) is 0 Å². The Morgan fingerprint density at radius 2 is 1.76 bits per heavy atom. The van der Waals surface area contributed by atoms with Crippen molar-refractivity contribution in [1.82, 2.24) is 25.5 Å². The number of tetrazole rings is 1. The Kier molecular flexibility index (Phi) is 5.67. The van der Waals surface area contributed by atoms with Crippen LogP contribution in [0.25, 0.3) is 11.4 Å². The van der Waals surface area contributed by atoms with E-state index in [1.807, 2.05) is 20.8 Å². The van der Waals surface area contributed by atoms with E-state index in [2.05, 4.69) is 26.0 Å². The molecule has 0 fully saturated rings. The summed E-state index contributed by atoms with van der Waals surface area (Å²) in [5.41, 5.74) is 0.460. The fraction of sp³-hybridized carbons (Fsp3) is 0.250. The summed E-state index contributed by atoms with van der Waals surface area (Å²) >= 11 is 0. The Labute approximate surface area is 167 Å². The first kappa shape index (κ1) is 20.1. The van der Waals surface area contributed by atoms with Gasteiger partial charge >= 0.3 is 0 Å². The monoisotopic (exact) mass is 396 g/mol. The summed E-state index contributed by atoms with van der Waals surface area (Å²) in [6.45, 7) is 5.53. The van der Waals surface area contributed by atoms with Crippen LogP contribution in [-0.2, 0) is 11.3 Å². The quantitative estimate of drug-likeness (QED) is 0.690. The number of nitrogens with one attached hydrogen (secondary N) is 2. The van der Waals surface area contributed by atoms with Crippen molar-refractivity contribution in [2.24, 2.45) is 0 Å². The van der Waals surface area contributed by atoms with Crippen molar-refractivity contribution in [2.45, 2.75) is 32.9 Å². The molecule has 8 nitrogen and oxygen atoms in total. The predicted molar refractivity (Wildman–Crippen MR) is 106 cm³/mol. The first-order valence-electron chi connectivity index (χ1n) is 8.97. The number of anilines is 1. The van der Waals surface area contributed by atoms with Crippen LogP contribution in [0.3, 0.4) is 0 Å². The van der Waals surface area contributed by atoms with Gasteiger partial charge in [-0.15, -0.1) is 10.2 Å². The first-order chi connectivity index (χ1) is 13.7. The molecular formula is C20H21FN6O2. The molecule has 3 rings (SSSR count). The van der Waals surface area contributed by atoms with Gasteiger partial charge in [-0.25, -0.2) is 4.39 Å². The van der Waals surface area contributed by atoms with Gasteiger partial charge < -0.3 is 10.6 Å². The molecule has 0 aliphatic rings.